The Kier molecular flexibility index (Phi) is 11.0. The molecular weight excluding hydrogens is 558 g/mol. The molecule has 3 rings (SSSR count). The summed E-state index contributed by atoms with van der Waals surface area (Å²) in [6.07, 6.45) is 1.10. The summed E-state index contributed by atoms with van der Waals surface area (Å²) in [5.41, 5.74) is 3.80. The van der Waals surface area contributed by atoms with Crippen molar-refractivity contribution in [2.45, 2.75) is 77.9 Å². The number of nitrogens with zero attached hydrogens (tertiary/aromatic N) is 2. The molecule has 0 aliphatic heterocycles. The molecule has 0 aliphatic carbocycles. The van der Waals surface area contributed by atoms with Crippen LogP contribution >= 0.6 is 11.6 Å². The Morgan fingerprint density at radius 3 is 2.05 bits per heavy atom. The first-order chi connectivity index (χ1) is 19.4. The Labute approximate surface area is 249 Å². The van der Waals surface area contributed by atoms with Crippen LogP contribution in [-0.4, -0.2) is 43.8 Å². The van der Waals surface area contributed by atoms with Crippen molar-refractivity contribution >= 4 is 39.1 Å². The number of sulfonamides is 1. The number of aryl methyl sites for hydroxylation is 3. The van der Waals surface area contributed by atoms with Gasteiger partial charge >= 0.3 is 0 Å². The maximum atomic E-state index is 14.2. The number of rotatable bonds is 12. The maximum absolute atomic E-state index is 14.2. The standard InChI is InChI=1S/C32H40ClN3O4S/c1-7-25(6)34-32(38)29(8-2)35(20-26-12-14-27(33)15-13-26)31(37)21-36(30-18-11-23(4)19-24(30)5)41(39,40)28-16-9-22(3)10-17-28/h9-19,25,29H,7-8,20-21H2,1-6H3,(H,34,38). The third-order valence-electron chi connectivity index (χ3n) is 7.16. The SMILES string of the molecule is CCC(C)NC(=O)C(CC)N(Cc1ccc(Cl)cc1)C(=O)CN(c1ccc(C)cc1C)S(=O)(=O)c1ccc(C)cc1. The molecule has 2 atom stereocenters. The van der Waals surface area contributed by atoms with Crippen molar-refractivity contribution in [1.29, 1.82) is 0 Å². The Hall–Kier alpha value is -3.36. The first-order valence-electron chi connectivity index (χ1n) is 13.9. The van der Waals surface area contributed by atoms with Crippen LogP contribution in [0.5, 0.6) is 0 Å². The molecule has 0 saturated carbocycles. The van der Waals surface area contributed by atoms with Gasteiger partial charge in [-0.05, 0) is 82.0 Å². The van der Waals surface area contributed by atoms with E-state index >= 15 is 0 Å². The Balaban J connectivity index is 2.09. The second kappa shape index (κ2) is 14.0. The van der Waals surface area contributed by atoms with Crippen LogP contribution in [0.2, 0.25) is 5.02 Å². The smallest absolute Gasteiger partial charge is 0.264 e. The lowest BCUT2D eigenvalue weighted by atomic mass is 10.1. The fraction of sp³-hybridized carbons (Fsp3) is 0.375. The second-order valence-electron chi connectivity index (χ2n) is 10.5. The van der Waals surface area contributed by atoms with Crippen LogP contribution in [0.1, 0.15) is 55.9 Å². The molecule has 0 aliphatic rings. The molecule has 3 aromatic carbocycles. The number of halogens is 1. The number of hydrogen-bond donors (Lipinski definition) is 1. The highest BCUT2D eigenvalue weighted by molar-refractivity contribution is 7.92. The van der Waals surface area contributed by atoms with E-state index in [1.165, 1.54) is 4.90 Å². The Morgan fingerprint density at radius 2 is 1.49 bits per heavy atom. The summed E-state index contributed by atoms with van der Waals surface area (Å²) in [7, 11) is -4.12. The molecule has 0 fully saturated rings. The minimum atomic E-state index is -4.12. The minimum absolute atomic E-state index is 0.0716. The van der Waals surface area contributed by atoms with Gasteiger partial charge in [0, 0.05) is 17.6 Å². The van der Waals surface area contributed by atoms with Gasteiger partial charge in [-0.25, -0.2) is 8.42 Å². The number of benzene rings is 3. The molecule has 2 unspecified atom stereocenters. The molecule has 41 heavy (non-hydrogen) atoms. The van der Waals surface area contributed by atoms with E-state index in [1.54, 1.807) is 54.6 Å². The number of nitrogens with one attached hydrogen (secondary N) is 1. The third kappa shape index (κ3) is 8.11. The fourth-order valence-electron chi connectivity index (χ4n) is 4.58. The molecule has 0 bridgehead atoms. The summed E-state index contributed by atoms with van der Waals surface area (Å²) in [6, 6.07) is 18.2. The zero-order valence-corrected chi connectivity index (χ0v) is 26.2. The molecule has 0 spiro atoms. The highest BCUT2D eigenvalue weighted by Crippen LogP contribution is 2.28. The van der Waals surface area contributed by atoms with Gasteiger partial charge in [0.1, 0.15) is 12.6 Å². The zero-order valence-electron chi connectivity index (χ0n) is 24.6. The van der Waals surface area contributed by atoms with Crippen molar-refractivity contribution in [3.05, 3.63) is 94.0 Å². The lowest BCUT2D eigenvalue weighted by molar-refractivity contribution is -0.140. The van der Waals surface area contributed by atoms with E-state index in [0.29, 0.717) is 17.1 Å². The predicted octanol–water partition coefficient (Wildman–Crippen LogP) is 6.18. The van der Waals surface area contributed by atoms with E-state index in [4.69, 9.17) is 11.6 Å². The average Bonchev–Trinajstić information content (AvgIpc) is 2.93. The van der Waals surface area contributed by atoms with Crippen LogP contribution in [-0.2, 0) is 26.2 Å². The highest BCUT2D eigenvalue weighted by atomic mass is 35.5. The number of anilines is 1. The summed E-state index contributed by atoms with van der Waals surface area (Å²) in [5, 5.41) is 3.54. The van der Waals surface area contributed by atoms with Crippen molar-refractivity contribution in [2.75, 3.05) is 10.8 Å². The molecular formula is C32H40ClN3O4S. The molecule has 0 aromatic heterocycles. The Bertz CT molecular complexity index is 1460. The van der Waals surface area contributed by atoms with Crippen LogP contribution < -0.4 is 9.62 Å². The lowest BCUT2D eigenvalue weighted by Crippen LogP contribution is -2.53. The molecule has 9 heteroatoms. The monoisotopic (exact) mass is 597 g/mol. The first-order valence-corrected chi connectivity index (χ1v) is 15.7. The average molecular weight is 598 g/mol. The zero-order chi connectivity index (χ0) is 30.3. The van der Waals surface area contributed by atoms with Gasteiger partial charge in [-0.1, -0.05) is 73.0 Å². The lowest BCUT2D eigenvalue weighted by Gasteiger charge is -2.34. The van der Waals surface area contributed by atoms with Crippen molar-refractivity contribution in [3.63, 3.8) is 0 Å². The Morgan fingerprint density at radius 1 is 0.878 bits per heavy atom. The largest absolute Gasteiger partial charge is 0.352 e. The van der Waals surface area contributed by atoms with Gasteiger partial charge in [-0.15, -0.1) is 0 Å². The molecule has 0 radical (unpaired) electrons. The van der Waals surface area contributed by atoms with Crippen LogP contribution in [0.4, 0.5) is 5.69 Å². The molecule has 2 amide bonds. The molecule has 220 valence electrons. The summed E-state index contributed by atoms with van der Waals surface area (Å²) in [5.74, 6) is -0.759. The van der Waals surface area contributed by atoms with Crippen LogP contribution in [0.15, 0.2) is 71.6 Å². The summed E-state index contributed by atoms with van der Waals surface area (Å²) in [4.78, 5) is 29.1. The molecule has 1 N–H and O–H groups in total. The van der Waals surface area contributed by atoms with Crippen LogP contribution in [0, 0.1) is 20.8 Å². The summed E-state index contributed by atoms with van der Waals surface area (Å²) in [6.45, 7) is 11.0. The molecule has 7 nitrogen and oxygen atoms in total. The van der Waals surface area contributed by atoms with Gasteiger partial charge < -0.3 is 10.2 Å². The minimum Gasteiger partial charge on any atom is -0.352 e. The predicted molar refractivity (Wildman–Crippen MR) is 166 cm³/mol. The highest BCUT2D eigenvalue weighted by Gasteiger charge is 2.34. The van der Waals surface area contributed by atoms with E-state index < -0.39 is 28.5 Å². The van der Waals surface area contributed by atoms with Crippen molar-refractivity contribution in [3.8, 4) is 0 Å². The van der Waals surface area contributed by atoms with Gasteiger partial charge in [-0.3, -0.25) is 13.9 Å². The van der Waals surface area contributed by atoms with Gasteiger partial charge in [0.05, 0.1) is 10.6 Å². The second-order valence-corrected chi connectivity index (χ2v) is 12.8. The van der Waals surface area contributed by atoms with Gasteiger partial charge in [0.15, 0.2) is 0 Å². The van der Waals surface area contributed by atoms with Gasteiger partial charge in [-0.2, -0.15) is 0 Å². The maximum Gasteiger partial charge on any atom is 0.264 e. The van der Waals surface area contributed by atoms with Gasteiger partial charge in [0.2, 0.25) is 11.8 Å². The van der Waals surface area contributed by atoms with Crippen molar-refractivity contribution in [2.24, 2.45) is 0 Å². The third-order valence-corrected chi connectivity index (χ3v) is 9.19. The van der Waals surface area contributed by atoms with Crippen LogP contribution in [0.3, 0.4) is 0 Å². The number of amides is 2. The topological polar surface area (TPSA) is 86.8 Å². The van der Waals surface area contributed by atoms with Crippen molar-refractivity contribution in [1.82, 2.24) is 10.2 Å². The molecule has 0 heterocycles. The fourth-order valence-corrected chi connectivity index (χ4v) is 6.19. The molecule has 3 aromatic rings. The first kappa shape index (κ1) is 32.2. The van der Waals surface area contributed by atoms with E-state index in [1.807, 2.05) is 53.7 Å². The van der Waals surface area contributed by atoms with Crippen LogP contribution in [0.25, 0.3) is 0 Å². The number of carbonyl (C=O) groups excluding carboxylic acids is 2. The number of carbonyl (C=O) groups is 2. The quantitative estimate of drug-likeness (QED) is 0.270. The summed E-state index contributed by atoms with van der Waals surface area (Å²) < 4.78 is 29.3. The van der Waals surface area contributed by atoms with E-state index in [-0.39, 0.29) is 23.4 Å². The van der Waals surface area contributed by atoms with E-state index in [2.05, 4.69) is 5.32 Å². The number of hydrogen-bond acceptors (Lipinski definition) is 4. The van der Waals surface area contributed by atoms with E-state index in [0.717, 1.165) is 33.0 Å². The normalized spacial score (nSPS) is 12.9. The molecule has 0 saturated heterocycles. The van der Waals surface area contributed by atoms with Crippen molar-refractivity contribution < 1.29 is 18.0 Å². The van der Waals surface area contributed by atoms with Gasteiger partial charge in [0.25, 0.3) is 10.0 Å². The van der Waals surface area contributed by atoms with E-state index in [9.17, 15) is 18.0 Å². The summed E-state index contributed by atoms with van der Waals surface area (Å²) >= 11 is 6.09.